The van der Waals surface area contributed by atoms with Crippen LogP contribution in [0.1, 0.15) is 73.6 Å². The van der Waals surface area contributed by atoms with Crippen molar-refractivity contribution in [1.29, 1.82) is 0 Å². The van der Waals surface area contributed by atoms with E-state index >= 15 is 0 Å². The lowest BCUT2D eigenvalue weighted by molar-refractivity contribution is -0.205. The van der Waals surface area contributed by atoms with Crippen molar-refractivity contribution < 1.29 is 19.4 Å². The fraction of sp³-hybridized carbons (Fsp3) is 0.846. The molecule has 3 fully saturated rings. The highest BCUT2D eigenvalue weighted by atomic mass is 32.2. The van der Waals surface area contributed by atoms with Crippen molar-refractivity contribution in [1.82, 2.24) is 0 Å². The van der Waals surface area contributed by atoms with Crippen LogP contribution < -0.4 is 5.73 Å². The van der Waals surface area contributed by atoms with Crippen molar-refractivity contribution >= 4 is 23.5 Å². The second-order valence-corrected chi connectivity index (χ2v) is 13.5. The second kappa shape index (κ2) is 8.74. The number of Topliss-reactive ketones (excluding diaryl/α,β-unsaturated/α-hetero) is 1. The number of thioether (sulfide) groups is 1. The molecule has 0 radical (unpaired) electrons. The quantitative estimate of drug-likeness (QED) is 0.447. The van der Waals surface area contributed by atoms with E-state index in [4.69, 9.17) is 10.5 Å². The predicted molar refractivity (Wildman–Crippen MR) is 130 cm³/mol. The van der Waals surface area contributed by atoms with Gasteiger partial charge in [-0.05, 0) is 56.8 Å². The van der Waals surface area contributed by atoms with Crippen LogP contribution in [0.4, 0.5) is 0 Å². The van der Waals surface area contributed by atoms with E-state index in [-0.39, 0.29) is 45.4 Å². The number of hydrogen-bond acceptors (Lipinski definition) is 6. The largest absolute Gasteiger partial charge is 0.461 e. The number of rotatable bonds is 6. The number of aliphatic hydroxyl groups is 1. The fourth-order valence-electron chi connectivity index (χ4n) is 7.01. The first-order valence-electron chi connectivity index (χ1n) is 12.2. The van der Waals surface area contributed by atoms with Gasteiger partial charge in [0.2, 0.25) is 0 Å². The molecule has 182 valence electrons. The molecule has 3 rings (SSSR count). The third kappa shape index (κ3) is 3.98. The Morgan fingerprint density at radius 2 is 2.00 bits per heavy atom. The molecule has 8 atom stereocenters. The lowest BCUT2D eigenvalue weighted by Gasteiger charge is -2.61. The Kier molecular flexibility index (Phi) is 7.04. The first kappa shape index (κ1) is 25.8. The molecule has 6 heteroatoms. The summed E-state index contributed by atoms with van der Waals surface area (Å²) in [4.78, 5) is 26.4. The van der Waals surface area contributed by atoms with Crippen LogP contribution in [-0.4, -0.2) is 46.1 Å². The van der Waals surface area contributed by atoms with Crippen molar-refractivity contribution in [3.8, 4) is 0 Å². The summed E-state index contributed by atoms with van der Waals surface area (Å²) in [5.41, 5.74) is 4.51. The van der Waals surface area contributed by atoms with E-state index in [2.05, 4.69) is 27.4 Å². The topological polar surface area (TPSA) is 89.6 Å². The van der Waals surface area contributed by atoms with Gasteiger partial charge >= 0.3 is 5.97 Å². The standard InChI is InChI=1S/C26H43NO4S/c1-8-24(6)13-19(31-20(29)14-32-23(4,5)15-27)25(7)16(2)9-11-26(17(3)22(24)30)12-10-18(28)21(25)26/h8,16-17,19,21-22,30H,1,9-15,27H2,2-7H3/t16-,17+,19-,21+,22+,24-,25+,26+/m1/s1. The summed E-state index contributed by atoms with van der Waals surface area (Å²) in [6.07, 6.45) is 4.49. The van der Waals surface area contributed by atoms with Crippen molar-refractivity contribution in [2.75, 3.05) is 12.3 Å². The molecule has 3 N–H and O–H groups in total. The van der Waals surface area contributed by atoms with Crippen LogP contribution in [0.25, 0.3) is 0 Å². The maximum absolute atomic E-state index is 13.4. The maximum atomic E-state index is 13.4. The SMILES string of the molecule is C=C[C@]1(C)C[C@@H](OC(=O)CSC(C)(C)CN)[C@]2(C)[C@H](C)CC[C@]3(CCC(=O)[C@H]32)[C@@H](C)[C@@H]1O. The summed E-state index contributed by atoms with van der Waals surface area (Å²) >= 11 is 1.50. The first-order chi connectivity index (χ1) is 14.8. The third-order valence-corrected chi connectivity index (χ3v) is 11.0. The summed E-state index contributed by atoms with van der Waals surface area (Å²) in [6, 6.07) is 0. The number of hydrogen-bond donors (Lipinski definition) is 2. The highest BCUT2D eigenvalue weighted by Gasteiger charge is 2.68. The molecule has 0 saturated heterocycles. The molecular formula is C26H43NO4S. The number of carbonyl (C=O) groups excluding carboxylic acids is 2. The van der Waals surface area contributed by atoms with Crippen LogP contribution in [0, 0.1) is 34.0 Å². The Labute approximate surface area is 198 Å². The number of nitrogens with two attached hydrogens (primary N) is 1. The lowest BCUT2D eigenvalue weighted by atomic mass is 9.44. The lowest BCUT2D eigenvalue weighted by Crippen LogP contribution is -2.63. The summed E-state index contributed by atoms with van der Waals surface area (Å²) in [6.45, 7) is 17.1. The van der Waals surface area contributed by atoms with Gasteiger partial charge in [0.25, 0.3) is 0 Å². The molecule has 3 aliphatic carbocycles. The third-order valence-electron chi connectivity index (χ3n) is 9.65. The summed E-state index contributed by atoms with van der Waals surface area (Å²) < 4.78 is 6.04. The van der Waals surface area contributed by atoms with E-state index in [1.165, 1.54) is 11.8 Å². The first-order valence-corrected chi connectivity index (χ1v) is 13.1. The van der Waals surface area contributed by atoms with Crippen LogP contribution in [0.3, 0.4) is 0 Å². The van der Waals surface area contributed by atoms with Crippen molar-refractivity contribution in [3.05, 3.63) is 12.7 Å². The van der Waals surface area contributed by atoms with Crippen LogP contribution in [0.2, 0.25) is 0 Å². The Bertz CT molecular complexity index is 769. The molecule has 0 heterocycles. The summed E-state index contributed by atoms with van der Waals surface area (Å²) in [7, 11) is 0. The van der Waals surface area contributed by atoms with Gasteiger partial charge in [0.1, 0.15) is 11.9 Å². The molecule has 0 unspecified atom stereocenters. The smallest absolute Gasteiger partial charge is 0.316 e. The minimum atomic E-state index is -0.641. The molecule has 0 aromatic carbocycles. The molecule has 0 aliphatic heterocycles. The molecular weight excluding hydrogens is 422 g/mol. The normalized spacial score (nSPS) is 44.4. The van der Waals surface area contributed by atoms with E-state index < -0.39 is 23.0 Å². The molecule has 32 heavy (non-hydrogen) atoms. The summed E-state index contributed by atoms with van der Waals surface area (Å²) in [5, 5.41) is 11.5. The van der Waals surface area contributed by atoms with E-state index in [0.717, 1.165) is 19.3 Å². The van der Waals surface area contributed by atoms with E-state index in [1.54, 1.807) is 0 Å². The number of carbonyl (C=O) groups is 2. The molecule has 0 aromatic heterocycles. The van der Waals surface area contributed by atoms with Gasteiger partial charge in [0.15, 0.2) is 0 Å². The fourth-order valence-corrected chi connectivity index (χ4v) is 7.70. The van der Waals surface area contributed by atoms with Crippen LogP contribution in [-0.2, 0) is 14.3 Å². The molecule has 3 aliphatic rings. The van der Waals surface area contributed by atoms with Crippen LogP contribution >= 0.6 is 11.8 Å². The van der Waals surface area contributed by atoms with Gasteiger partial charge in [-0.15, -0.1) is 18.3 Å². The van der Waals surface area contributed by atoms with Crippen LogP contribution in [0.5, 0.6) is 0 Å². The average molecular weight is 466 g/mol. The molecule has 5 nitrogen and oxygen atoms in total. The Morgan fingerprint density at radius 1 is 1.34 bits per heavy atom. The molecule has 0 spiro atoms. The molecule has 3 saturated carbocycles. The number of ether oxygens (including phenoxy) is 1. The van der Waals surface area contributed by atoms with Crippen LogP contribution in [0.15, 0.2) is 12.7 Å². The van der Waals surface area contributed by atoms with Gasteiger partial charge in [-0.3, -0.25) is 9.59 Å². The number of ketones is 1. The molecule has 0 amide bonds. The van der Waals surface area contributed by atoms with Gasteiger partial charge < -0.3 is 15.6 Å². The van der Waals surface area contributed by atoms with Gasteiger partial charge in [-0.2, -0.15) is 0 Å². The predicted octanol–water partition coefficient (Wildman–Crippen LogP) is 4.36. The highest BCUT2D eigenvalue weighted by Crippen LogP contribution is 2.68. The highest BCUT2D eigenvalue weighted by molar-refractivity contribution is 8.01. The Morgan fingerprint density at radius 3 is 2.59 bits per heavy atom. The minimum Gasteiger partial charge on any atom is -0.461 e. The number of esters is 1. The van der Waals surface area contributed by atoms with Crippen molar-refractivity contribution in [2.45, 2.75) is 90.6 Å². The van der Waals surface area contributed by atoms with E-state index in [9.17, 15) is 14.7 Å². The van der Waals surface area contributed by atoms with Gasteiger partial charge in [0.05, 0.1) is 11.9 Å². The number of aliphatic hydroxyl groups excluding tert-OH is 1. The van der Waals surface area contributed by atoms with Crippen molar-refractivity contribution in [2.24, 2.45) is 39.7 Å². The van der Waals surface area contributed by atoms with Crippen molar-refractivity contribution in [3.63, 3.8) is 0 Å². The monoisotopic (exact) mass is 465 g/mol. The summed E-state index contributed by atoms with van der Waals surface area (Å²) in [5.74, 6) is 0.254. The van der Waals surface area contributed by atoms with Gasteiger partial charge in [-0.1, -0.05) is 33.8 Å². The molecule has 0 aromatic rings. The Hall–Kier alpha value is -0.850. The second-order valence-electron chi connectivity index (χ2n) is 11.8. The van der Waals surface area contributed by atoms with Gasteiger partial charge in [0, 0.05) is 34.5 Å². The minimum absolute atomic E-state index is 0.0219. The van der Waals surface area contributed by atoms with E-state index in [0.29, 0.717) is 19.4 Å². The molecule has 2 bridgehead atoms. The van der Waals surface area contributed by atoms with E-state index in [1.807, 2.05) is 26.8 Å². The maximum Gasteiger partial charge on any atom is 0.316 e. The Balaban J connectivity index is 2.03. The zero-order valence-electron chi connectivity index (χ0n) is 20.8. The van der Waals surface area contributed by atoms with Gasteiger partial charge in [-0.25, -0.2) is 0 Å². The average Bonchev–Trinajstić information content (AvgIpc) is 3.11. The zero-order chi connectivity index (χ0) is 24.1. The zero-order valence-corrected chi connectivity index (χ0v) is 21.6.